The zero-order chi connectivity index (χ0) is 14.1. The molecule has 3 rings (SSSR count). The number of thiazole rings is 1. The molecule has 4 heteroatoms. The molecule has 0 aliphatic carbocycles. The van der Waals surface area contributed by atoms with E-state index in [0.29, 0.717) is 5.56 Å². The second-order valence-corrected chi connectivity index (χ2v) is 5.69. The molecule has 1 amide bonds. The number of carbonyl (C=O) groups excluding carboxylic acids is 1. The average Bonchev–Trinajstić information content (AvgIpc) is 2.85. The molecule has 0 fully saturated rings. The number of nitrogens with zero attached hydrogens (tertiary/aromatic N) is 1. The van der Waals surface area contributed by atoms with Gasteiger partial charge in [-0.05, 0) is 43.7 Å². The van der Waals surface area contributed by atoms with Crippen LogP contribution in [0.1, 0.15) is 21.5 Å². The Balaban J connectivity index is 1.87. The van der Waals surface area contributed by atoms with Crippen LogP contribution >= 0.6 is 11.3 Å². The molecule has 1 N–H and O–H groups in total. The highest BCUT2D eigenvalue weighted by molar-refractivity contribution is 7.16. The van der Waals surface area contributed by atoms with E-state index in [2.05, 4.69) is 10.3 Å². The lowest BCUT2D eigenvalue weighted by molar-refractivity contribution is 0.102. The molecule has 3 aromatic rings. The number of fused-ring (bicyclic) bond motifs is 1. The lowest BCUT2D eigenvalue weighted by Gasteiger charge is -2.08. The molecule has 0 unspecified atom stereocenters. The van der Waals surface area contributed by atoms with Crippen molar-refractivity contribution in [2.75, 3.05) is 5.32 Å². The Morgan fingerprint density at radius 1 is 1.15 bits per heavy atom. The van der Waals surface area contributed by atoms with Crippen molar-refractivity contribution in [3.05, 3.63) is 58.6 Å². The average molecular weight is 282 g/mol. The fourth-order valence-electron chi connectivity index (χ4n) is 2.20. The van der Waals surface area contributed by atoms with E-state index < -0.39 is 0 Å². The van der Waals surface area contributed by atoms with Crippen LogP contribution in [0, 0.1) is 13.8 Å². The quantitative estimate of drug-likeness (QED) is 0.766. The molecule has 0 saturated carbocycles. The van der Waals surface area contributed by atoms with E-state index in [1.807, 2.05) is 50.2 Å². The largest absolute Gasteiger partial charge is 0.322 e. The standard InChI is InChI=1S/C16H14N2OS/c1-10-3-5-13(11(2)7-10)16(19)18-12-4-6-14-15(8-12)20-9-17-14/h3-9H,1-2H3,(H,18,19). The molecular formula is C16H14N2OS. The van der Waals surface area contributed by atoms with Crippen LogP contribution in [-0.4, -0.2) is 10.9 Å². The molecule has 3 nitrogen and oxygen atoms in total. The first-order valence-corrected chi connectivity index (χ1v) is 7.23. The van der Waals surface area contributed by atoms with Gasteiger partial charge in [0.2, 0.25) is 0 Å². The number of hydrogen-bond acceptors (Lipinski definition) is 3. The third-order valence-corrected chi connectivity index (χ3v) is 4.01. The van der Waals surface area contributed by atoms with Gasteiger partial charge in [-0.2, -0.15) is 0 Å². The van der Waals surface area contributed by atoms with Crippen LogP contribution in [-0.2, 0) is 0 Å². The van der Waals surface area contributed by atoms with Gasteiger partial charge in [-0.15, -0.1) is 11.3 Å². The van der Waals surface area contributed by atoms with Crippen molar-refractivity contribution in [1.82, 2.24) is 4.98 Å². The van der Waals surface area contributed by atoms with Crippen LogP contribution in [0.5, 0.6) is 0 Å². The second kappa shape index (κ2) is 5.06. The molecule has 1 heterocycles. The van der Waals surface area contributed by atoms with E-state index in [9.17, 15) is 4.79 Å². The molecular weight excluding hydrogens is 268 g/mol. The molecule has 0 atom stereocenters. The Morgan fingerprint density at radius 3 is 2.80 bits per heavy atom. The molecule has 100 valence electrons. The summed E-state index contributed by atoms with van der Waals surface area (Å²) in [5.41, 5.74) is 6.41. The Kier molecular flexibility index (Phi) is 3.24. The number of aromatic nitrogens is 1. The normalized spacial score (nSPS) is 10.7. The van der Waals surface area contributed by atoms with E-state index in [0.717, 1.165) is 27.0 Å². The van der Waals surface area contributed by atoms with Gasteiger partial charge < -0.3 is 5.32 Å². The summed E-state index contributed by atoms with van der Waals surface area (Å²) < 4.78 is 1.07. The second-order valence-electron chi connectivity index (χ2n) is 4.81. The first-order valence-electron chi connectivity index (χ1n) is 6.35. The van der Waals surface area contributed by atoms with Gasteiger partial charge in [0, 0.05) is 11.3 Å². The topological polar surface area (TPSA) is 42.0 Å². The fourth-order valence-corrected chi connectivity index (χ4v) is 2.92. The zero-order valence-electron chi connectivity index (χ0n) is 11.3. The SMILES string of the molecule is Cc1ccc(C(=O)Nc2ccc3ncsc3c2)c(C)c1. The number of nitrogens with one attached hydrogen (secondary N) is 1. The molecule has 0 radical (unpaired) electrons. The predicted molar refractivity (Wildman–Crippen MR) is 83.5 cm³/mol. The van der Waals surface area contributed by atoms with E-state index in [1.54, 1.807) is 16.8 Å². The fraction of sp³-hybridized carbons (Fsp3) is 0.125. The number of aryl methyl sites for hydroxylation is 2. The smallest absolute Gasteiger partial charge is 0.255 e. The lowest BCUT2D eigenvalue weighted by atomic mass is 10.1. The van der Waals surface area contributed by atoms with Crippen LogP contribution < -0.4 is 5.32 Å². The van der Waals surface area contributed by atoms with Gasteiger partial charge in [0.1, 0.15) is 0 Å². The number of benzene rings is 2. The lowest BCUT2D eigenvalue weighted by Crippen LogP contribution is -2.13. The van der Waals surface area contributed by atoms with Gasteiger partial charge in [0.05, 0.1) is 15.7 Å². The van der Waals surface area contributed by atoms with E-state index in [-0.39, 0.29) is 5.91 Å². The molecule has 0 aliphatic heterocycles. The van der Waals surface area contributed by atoms with Crippen molar-refractivity contribution in [3.8, 4) is 0 Å². The number of carbonyl (C=O) groups is 1. The van der Waals surface area contributed by atoms with E-state index >= 15 is 0 Å². The summed E-state index contributed by atoms with van der Waals surface area (Å²) in [5.74, 6) is -0.0774. The summed E-state index contributed by atoms with van der Waals surface area (Å²) >= 11 is 1.57. The van der Waals surface area contributed by atoms with Gasteiger partial charge in [0.15, 0.2) is 0 Å². The van der Waals surface area contributed by atoms with Crippen molar-refractivity contribution in [1.29, 1.82) is 0 Å². The molecule has 1 aromatic heterocycles. The molecule has 0 saturated heterocycles. The maximum absolute atomic E-state index is 12.3. The molecule has 0 bridgehead atoms. The van der Waals surface area contributed by atoms with Crippen LogP contribution in [0.15, 0.2) is 41.9 Å². The summed E-state index contributed by atoms with van der Waals surface area (Å²) in [7, 11) is 0. The van der Waals surface area contributed by atoms with Gasteiger partial charge >= 0.3 is 0 Å². The van der Waals surface area contributed by atoms with E-state index in [1.165, 1.54) is 0 Å². The van der Waals surface area contributed by atoms with Gasteiger partial charge in [0.25, 0.3) is 5.91 Å². The van der Waals surface area contributed by atoms with Crippen molar-refractivity contribution in [2.45, 2.75) is 13.8 Å². The van der Waals surface area contributed by atoms with Crippen LogP contribution in [0.2, 0.25) is 0 Å². The summed E-state index contributed by atoms with van der Waals surface area (Å²) in [4.78, 5) is 16.5. The minimum atomic E-state index is -0.0774. The predicted octanol–water partition coefficient (Wildman–Crippen LogP) is 4.17. The first-order chi connectivity index (χ1) is 9.63. The maximum Gasteiger partial charge on any atom is 0.255 e. The molecule has 0 aliphatic rings. The number of amides is 1. The minimum absolute atomic E-state index is 0.0774. The van der Waals surface area contributed by atoms with Crippen molar-refractivity contribution < 1.29 is 4.79 Å². The molecule has 20 heavy (non-hydrogen) atoms. The number of hydrogen-bond donors (Lipinski definition) is 1. The number of rotatable bonds is 2. The van der Waals surface area contributed by atoms with Crippen LogP contribution in [0.3, 0.4) is 0 Å². The highest BCUT2D eigenvalue weighted by Crippen LogP contribution is 2.22. The minimum Gasteiger partial charge on any atom is -0.322 e. The Morgan fingerprint density at radius 2 is 2.00 bits per heavy atom. The zero-order valence-corrected chi connectivity index (χ0v) is 12.1. The third-order valence-electron chi connectivity index (χ3n) is 3.22. The highest BCUT2D eigenvalue weighted by Gasteiger charge is 2.09. The third kappa shape index (κ3) is 2.42. The first kappa shape index (κ1) is 12.8. The Labute approximate surface area is 121 Å². The summed E-state index contributed by atoms with van der Waals surface area (Å²) in [6.45, 7) is 3.97. The summed E-state index contributed by atoms with van der Waals surface area (Å²) in [6.07, 6.45) is 0. The van der Waals surface area contributed by atoms with Gasteiger partial charge in [-0.25, -0.2) is 4.98 Å². The van der Waals surface area contributed by atoms with Crippen molar-refractivity contribution in [2.24, 2.45) is 0 Å². The van der Waals surface area contributed by atoms with Gasteiger partial charge in [-0.1, -0.05) is 17.7 Å². The van der Waals surface area contributed by atoms with Crippen molar-refractivity contribution in [3.63, 3.8) is 0 Å². The van der Waals surface area contributed by atoms with Crippen molar-refractivity contribution >= 4 is 33.1 Å². The van der Waals surface area contributed by atoms with E-state index in [4.69, 9.17) is 0 Å². The molecule has 0 spiro atoms. The Bertz CT molecular complexity index is 792. The summed E-state index contributed by atoms with van der Waals surface area (Å²) in [6, 6.07) is 11.6. The van der Waals surface area contributed by atoms with Crippen LogP contribution in [0.25, 0.3) is 10.2 Å². The molecule has 2 aromatic carbocycles. The Hall–Kier alpha value is -2.20. The summed E-state index contributed by atoms with van der Waals surface area (Å²) in [5, 5.41) is 2.94. The van der Waals surface area contributed by atoms with Crippen LogP contribution in [0.4, 0.5) is 5.69 Å². The highest BCUT2D eigenvalue weighted by atomic mass is 32.1. The maximum atomic E-state index is 12.3. The monoisotopic (exact) mass is 282 g/mol. The number of anilines is 1. The van der Waals surface area contributed by atoms with Gasteiger partial charge in [-0.3, -0.25) is 4.79 Å².